The predicted molar refractivity (Wildman–Crippen MR) is 64.3 cm³/mol. The number of hydrogen-bond donors (Lipinski definition) is 1. The van der Waals surface area contributed by atoms with E-state index in [0.717, 1.165) is 18.8 Å². The Kier molecular flexibility index (Phi) is 3.93. The standard InChI is InChI=1S/C12H22N4/c1-3-4-5-10(2)15-11-6-7-12-13-9-14-16(12)8-11/h9-11,15H,3-8H2,1-2H3. The van der Waals surface area contributed by atoms with Gasteiger partial charge in [-0.1, -0.05) is 19.8 Å². The molecule has 16 heavy (non-hydrogen) atoms. The van der Waals surface area contributed by atoms with Crippen molar-refractivity contribution in [2.24, 2.45) is 0 Å². The van der Waals surface area contributed by atoms with Crippen LogP contribution in [0.3, 0.4) is 0 Å². The van der Waals surface area contributed by atoms with E-state index >= 15 is 0 Å². The zero-order valence-electron chi connectivity index (χ0n) is 10.3. The number of unbranched alkanes of at least 4 members (excludes halogenated alkanes) is 1. The van der Waals surface area contributed by atoms with Crippen LogP contribution in [0.1, 0.15) is 45.4 Å². The van der Waals surface area contributed by atoms with Crippen LogP contribution in [0.4, 0.5) is 0 Å². The van der Waals surface area contributed by atoms with Gasteiger partial charge in [0.2, 0.25) is 0 Å². The summed E-state index contributed by atoms with van der Waals surface area (Å²) in [4.78, 5) is 4.24. The number of fused-ring (bicyclic) bond motifs is 1. The largest absolute Gasteiger partial charge is 0.310 e. The van der Waals surface area contributed by atoms with Gasteiger partial charge in [-0.2, -0.15) is 5.10 Å². The minimum absolute atomic E-state index is 0.570. The first-order valence-corrected chi connectivity index (χ1v) is 6.42. The molecule has 2 unspecified atom stereocenters. The van der Waals surface area contributed by atoms with Crippen molar-refractivity contribution in [3.05, 3.63) is 12.2 Å². The Morgan fingerprint density at radius 1 is 1.62 bits per heavy atom. The van der Waals surface area contributed by atoms with Crippen molar-refractivity contribution in [1.82, 2.24) is 20.1 Å². The van der Waals surface area contributed by atoms with E-state index < -0.39 is 0 Å². The second-order valence-corrected chi connectivity index (χ2v) is 4.80. The summed E-state index contributed by atoms with van der Waals surface area (Å²) in [6.07, 6.45) is 7.78. The highest BCUT2D eigenvalue weighted by atomic mass is 15.3. The topological polar surface area (TPSA) is 42.7 Å². The minimum Gasteiger partial charge on any atom is -0.310 e. The van der Waals surface area contributed by atoms with Crippen LogP contribution >= 0.6 is 0 Å². The van der Waals surface area contributed by atoms with Gasteiger partial charge in [-0.3, -0.25) is 0 Å². The van der Waals surface area contributed by atoms with Crippen molar-refractivity contribution in [2.45, 2.75) is 64.6 Å². The van der Waals surface area contributed by atoms with Gasteiger partial charge in [0, 0.05) is 18.5 Å². The molecule has 0 radical (unpaired) electrons. The summed E-state index contributed by atoms with van der Waals surface area (Å²) in [5, 5.41) is 7.94. The molecule has 0 aliphatic carbocycles. The normalized spacial score (nSPS) is 21.8. The third-order valence-corrected chi connectivity index (χ3v) is 3.32. The molecule has 0 fully saturated rings. The molecule has 4 heteroatoms. The van der Waals surface area contributed by atoms with Crippen molar-refractivity contribution in [3.8, 4) is 0 Å². The van der Waals surface area contributed by atoms with Crippen LogP contribution in [0.2, 0.25) is 0 Å². The summed E-state index contributed by atoms with van der Waals surface area (Å²) in [5.41, 5.74) is 0. The molecule has 0 saturated heterocycles. The van der Waals surface area contributed by atoms with E-state index in [1.165, 1.54) is 25.7 Å². The number of nitrogens with zero attached hydrogens (tertiary/aromatic N) is 3. The van der Waals surface area contributed by atoms with E-state index in [2.05, 4.69) is 29.2 Å². The monoisotopic (exact) mass is 222 g/mol. The SMILES string of the molecule is CCCCC(C)NC1CCc2ncnn2C1. The molecule has 1 aliphatic rings. The summed E-state index contributed by atoms with van der Waals surface area (Å²) < 4.78 is 2.04. The quantitative estimate of drug-likeness (QED) is 0.825. The van der Waals surface area contributed by atoms with Gasteiger partial charge in [-0.15, -0.1) is 0 Å². The molecule has 2 rings (SSSR count). The van der Waals surface area contributed by atoms with Crippen LogP contribution in [-0.4, -0.2) is 26.8 Å². The maximum atomic E-state index is 4.24. The lowest BCUT2D eigenvalue weighted by atomic mass is 10.0. The van der Waals surface area contributed by atoms with Gasteiger partial charge in [0.15, 0.2) is 0 Å². The Morgan fingerprint density at radius 3 is 3.31 bits per heavy atom. The van der Waals surface area contributed by atoms with E-state index in [-0.39, 0.29) is 0 Å². The van der Waals surface area contributed by atoms with Gasteiger partial charge in [-0.05, 0) is 19.8 Å². The molecule has 90 valence electrons. The van der Waals surface area contributed by atoms with Gasteiger partial charge < -0.3 is 5.32 Å². The fourth-order valence-electron chi connectivity index (χ4n) is 2.37. The van der Waals surface area contributed by atoms with E-state index in [0.29, 0.717) is 12.1 Å². The van der Waals surface area contributed by atoms with Crippen molar-refractivity contribution < 1.29 is 0 Å². The summed E-state index contributed by atoms with van der Waals surface area (Å²) in [5.74, 6) is 1.14. The summed E-state index contributed by atoms with van der Waals surface area (Å²) >= 11 is 0. The van der Waals surface area contributed by atoms with Gasteiger partial charge in [0.1, 0.15) is 12.2 Å². The third-order valence-electron chi connectivity index (χ3n) is 3.32. The van der Waals surface area contributed by atoms with Crippen LogP contribution in [0, 0.1) is 0 Å². The molecule has 1 aromatic heterocycles. The Hall–Kier alpha value is -0.900. The smallest absolute Gasteiger partial charge is 0.138 e. The van der Waals surface area contributed by atoms with Crippen LogP contribution in [0.15, 0.2) is 6.33 Å². The summed E-state index contributed by atoms with van der Waals surface area (Å²) in [7, 11) is 0. The number of hydrogen-bond acceptors (Lipinski definition) is 3. The average Bonchev–Trinajstić information content (AvgIpc) is 2.73. The molecule has 0 bridgehead atoms. The van der Waals surface area contributed by atoms with E-state index in [4.69, 9.17) is 0 Å². The molecule has 4 nitrogen and oxygen atoms in total. The molecule has 1 aromatic rings. The van der Waals surface area contributed by atoms with E-state index in [1.54, 1.807) is 6.33 Å². The average molecular weight is 222 g/mol. The predicted octanol–water partition coefficient (Wildman–Crippen LogP) is 1.76. The molecule has 1 N–H and O–H groups in total. The first-order chi connectivity index (χ1) is 7.79. The van der Waals surface area contributed by atoms with Crippen LogP contribution in [0.5, 0.6) is 0 Å². The summed E-state index contributed by atoms with van der Waals surface area (Å²) in [6, 6.07) is 1.19. The maximum absolute atomic E-state index is 4.24. The van der Waals surface area contributed by atoms with Crippen molar-refractivity contribution in [3.63, 3.8) is 0 Å². The molecule has 0 spiro atoms. The fourth-order valence-corrected chi connectivity index (χ4v) is 2.37. The van der Waals surface area contributed by atoms with Crippen LogP contribution in [-0.2, 0) is 13.0 Å². The molecule has 2 atom stereocenters. The Balaban J connectivity index is 1.80. The van der Waals surface area contributed by atoms with Gasteiger partial charge >= 0.3 is 0 Å². The Labute approximate surface area is 97.5 Å². The van der Waals surface area contributed by atoms with Crippen molar-refractivity contribution in [1.29, 1.82) is 0 Å². The lowest BCUT2D eigenvalue weighted by molar-refractivity contribution is 0.323. The van der Waals surface area contributed by atoms with Crippen LogP contribution < -0.4 is 5.32 Å². The zero-order valence-corrected chi connectivity index (χ0v) is 10.3. The maximum Gasteiger partial charge on any atom is 0.138 e. The molecule has 0 amide bonds. The van der Waals surface area contributed by atoms with Gasteiger partial charge in [0.05, 0.1) is 6.54 Å². The highest BCUT2D eigenvalue weighted by Crippen LogP contribution is 2.12. The third kappa shape index (κ3) is 2.82. The van der Waals surface area contributed by atoms with Crippen molar-refractivity contribution >= 4 is 0 Å². The Bertz CT molecular complexity index is 321. The van der Waals surface area contributed by atoms with Crippen LogP contribution in [0.25, 0.3) is 0 Å². The second-order valence-electron chi connectivity index (χ2n) is 4.80. The summed E-state index contributed by atoms with van der Waals surface area (Å²) in [6.45, 7) is 5.51. The lowest BCUT2D eigenvalue weighted by Crippen LogP contribution is -2.42. The molecule has 2 heterocycles. The highest BCUT2D eigenvalue weighted by Gasteiger charge is 2.20. The molecular weight excluding hydrogens is 200 g/mol. The second kappa shape index (κ2) is 5.43. The van der Waals surface area contributed by atoms with E-state index in [1.807, 2.05) is 4.68 Å². The number of aryl methyl sites for hydroxylation is 1. The minimum atomic E-state index is 0.570. The van der Waals surface area contributed by atoms with Crippen molar-refractivity contribution in [2.75, 3.05) is 0 Å². The molecule has 0 aromatic carbocycles. The number of aromatic nitrogens is 3. The number of rotatable bonds is 5. The first kappa shape index (κ1) is 11.6. The first-order valence-electron chi connectivity index (χ1n) is 6.42. The van der Waals surface area contributed by atoms with Gasteiger partial charge in [0.25, 0.3) is 0 Å². The lowest BCUT2D eigenvalue weighted by Gasteiger charge is -2.27. The zero-order chi connectivity index (χ0) is 11.4. The van der Waals surface area contributed by atoms with E-state index in [9.17, 15) is 0 Å². The molecule has 1 aliphatic heterocycles. The molecule has 0 saturated carbocycles. The Morgan fingerprint density at radius 2 is 2.50 bits per heavy atom. The fraction of sp³-hybridized carbons (Fsp3) is 0.833. The highest BCUT2D eigenvalue weighted by molar-refractivity contribution is 4.92. The van der Waals surface area contributed by atoms with Gasteiger partial charge in [-0.25, -0.2) is 9.67 Å². The number of nitrogens with one attached hydrogen (secondary N) is 1. The molecular formula is C12H22N4.